The van der Waals surface area contributed by atoms with Gasteiger partial charge in [-0.3, -0.25) is 4.90 Å². The molecule has 0 aromatic carbocycles. The van der Waals surface area contributed by atoms with Crippen molar-refractivity contribution in [2.45, 2.75) is 57.4 Å². The molecule has 5 heteroatoms. The largest absolute Gasteiger partial charge is 0.355 e. The third-order valence-electron chi connectivity index (χ3n) is 6.02. The van der Waals surface area contributed by atoms with Gasteiger partial charge in [0.1, 0.15) is 12.1 Å². The Bertz CT molecular complexity index is 541. The Kier molecular flexibility index (Phi) is 5.28. The van der Waals surface area contributed by atoms with E-state index in [1.54, 1.807) is 6.33 Å². The summed E-state index contributed by atoms with van der Waals surface area (Å²) in [5.74, 6) is 1.22. The highest BCUT2D eigenvalue weighted by Gasteiger charge is 2.25. The van der Waals surface area contributed by atoms with Crippen molar-refractivity contribution in [3.63, 3.8) is 0 Å². The van der Waals surface area contributed by atoms with Crippen LogP contribution in [0.4, 0.5) is 5.82 Å². The molecule has 132 valence electrons. The standard InChI is InChI=1S/C19H31N5/c1-2-5-16(6-3-1)23-11-4-12-24(14-13-23)19-17-7-9-20-10-8-18(17)21-15-22-19/h15-16,20H,1-14H2. The monoisotopic (exact) mass is 329 g/mol. The molecule has 0 atom stereocenters. The second-order valence-electron chi connectivity index (χ2n) is 7.54. The molecule has 24 heavy (non-hydrogen) atoms. The maximum absolute atomic E-state index is 4.71. The second kappa shape index (κ2) is 7.79. The van der Waals surface area contributed by atoms with Gasteiger partial charge in [0.05, 0.1) is 5.69 Å². The van der Waals surface area contributed by atoms with Crippen molar-refractivity contribution < 1.29 is 0 Å². The normalized spacial score (nSPS) is 24.2. The van der Waals surface area contributed by atoms with Crippen molar-refractivity contribution in [1.82, 2.24) is 20.2 Å². The summed E-state index contributed by atoms with van der Waals surface area (Å²) in [5.41, 5.74) is 2.66. The molecular formula is C19H31N5. The van der Waals surface area contributed by atoms with Crippen LogP contribution in [-0.2, 0) is 12.8 Å². The molecule has 1 N–H and O–H groups in total. The van der Waals surface area contributed by atoms with Crippen LogP contribution in [0.15, 0.2) is 6.33 Å². The third-order valence-corrected chi connectivity index (χ3v) is 6.02. The first kappa shape index (κ1) is 16.3. The zero-order chi connectivity index (χ0) is 16.2. The molecule has 0 bridgehead atoms. The highest BCUT2D eigenvalue weighted by atomic mass is 15.3. The highest BCUT2D eigenvalue weighted by molar-refractivity contribution is 5.49. The van der Waals surface area contributed by atoms with Crippen molar-refractivity contribution in [2.75, 3.05) is 44.2 Å². The van der Waals surface area contributed by atoms with Crippen molar-refractivity contribution in [3.8, 4) is 0 Å². The smallest absolute Gasteiger partial charge is 0.135 e. The molecule has 1 aromatic rings. The van der Waals surface area contributed by atoms with E-state index in [1.165, 1.54) is 68.7 Å². The van der Waals surface area contributed by atoms with Crippen molar-refractivity contribution in [1.29, 1.82) is 0 Å². The zero-order valence-electron chi connectivity index (χ0n) is 14.8. The molecule has 0 radical (unpaired) electrons. The lowest BCUT2D eigenvalue weighted by atomic mass is 9.94. The SMILES string of the molecule is c1nc2c(c(N3CCCN(C4CCCCC4)CC3)n1)CCNCC2. The van der Waals surface area contributed by atoms with Crippen molar-refractivity contribution in [3.05, 3.63) is 17.6 Å². The van der Waals surface area contributed by atoms with E-state index >= 15 is 0 Å². The summed E-state index contributed by atoms with van der Waals surface area (Å²) in [6.07, 6.45) is 12.3. The first-order valence-corrected chi connectivity index (χ1v) is 9.94. The van der Waals surface area contributed by atoms with Crippen LogP contribution in [0.5, 0.6) is 0 Å². The van der Waals surface area contributed by atoms with Gasteiger partial charge in [0.25, 0.3) is 0 Å². The number of aromatic nitrogens is 2. The molecule has 2 aliphatic heterocycles. The minimum Gasteiger partial charge on any atom is -0.355 e. The lowest BCUT2D eigenvalue weighted by molar-refractivity contribution is 0.166. The van der Waals surface area contributed by atoms with Gasteiger partial charge in [0.15, 0.2) is 0 Å². The quantitative estimate of drug-likeness (QED) is 0.899. The van der Waals surface area contributed by atoms with Gasteiger partial charge < -0.3 is 10.2 Å². The number of nitrogens with one attached hydrogen (secondary N) is 1. The Labute approximate surface area is 145 Å². The van der Waals surface area contributed by atoms with Crippen molar-refractivity contribution in [2.24, 2.45) is 0 Å². The molecule has 0 spiro atoms. The van der Waals surface area contributed by atoms with E-state index in [4.69, 9.17) is 4.98 Å². The van der Waals surface area contributed by atoms with Crippen LogP contribution in [-0.4, -0.2) is 60.2 Å². The molecule has 1 aliphatic carbocycles. The summed E-state index contributed by atoms with van der Waals surface area (Å²) in [5, 5.41) is 3.49. The van der Waals surface area contributed by atoms with E-state index < -0.39 is 0 Å². The van der Waals surface area contributed by atoms with Crippen LogP contribution in [0.25, 0.3) is 0 Å². The van der Waals surface area contributed by atoms with Gasteiger partial charge in [0, 0.05) is 50.7 Å². The third kappa shape index (κ3) is 3.57. The number of fused-ring (bicyclic) bond motifs is 1. The van der Waals surface area contributed by atoms with E-state index in [2.05, 4.69) is 20.1 Å². The summed E-state index contributed by atoms with van der Waals surface area (Å²) in [6.45, 7) is 6.81. The predicted molar refractivity (Wildman–Crippen MR) is 97.6 cm³/mol. The summed E-state index contributed by atoms with van der Waals surface area (Å²) in [6, 6.07) is 0.838. The van der Waals surface area contributed by atoms with Gasteiger partial charge in [0.2, 0.25) is 0 Å². The van der Waals surface area contributed by atoms with E-state index in [0.717, 1.165) is 45.1 Å². The summed E-state index contributed by atoms with van der Waals surface area (Å²) in [7, 11) is 0. The molecule has 3 heterocycles. The fourth-order valence-corrected chi connectivity index (χ4v) is 4.69. The Morgan fingerprint density at radius 2 is 1.75 bits per heavy atom. The lowest BCUT2D eigenvalue weighted by Gasteiger charge is -2.33. The predicted octanol–water partition coefficient (Wildman–Crippen LogP) is 2.01. The molecule has 1 aromatic heterocycles. The number of hydrogen-bond acceptors (Lipinski definition) is 5. The number of anilines is 1. The minimum atomic E-state index is 0.838. The number of nitrogens with zero attached hydrogens (tertiary/aromatic N) is 4. The fourth-order valence-electron chi connectivity index (χ4n) is 4.69. The maximum atomic E-state index is 4.71. The Morgan fingerprint density at radius 3 is 2.67 bits per heavy atom. The summed E-state index contributed by atoms with van der Waals surface area (Å²) >= 11 is 0. The van der Waals surface area contributed by atoms with Crippen LogP contribution >= 0.6 is 0 Å². The molecule has 0 unspecified atom stereocenters. The average Bonchev–Trinajstić information content (AvgIpc) is 3.03. The Morgan fingerprint density at radius 1 is 0.875 bits per heavy atom. The van der Waals surface area contributed by atoms with Crippen LogP contribution < -0.4 is 10.2 Å². The van der Waals surface area contributed by atoms with Crippen molar-refractivity contribution >= 4 is 5.82 Å². The van der Waals surface area contributed by atoms with E-state index in [-0.39, 0.29) is 0 Å². The molecule has 2 fully saturated rings. The first-order valence-electron chi connectivity index (χ1n) is 9.94. The van der Waals surface area contributed by atoms with Crippen LogP contribution in [0.1, 0.15) is 49.8 Å². The highest BCUT2D eigenvalue weighted by Crippen LogP contribution is 2.26. The molecular weight excluding hydrogens is 298 g/mol. The van der Waals surface area contributed by atoms with E-state index in [1.807, 2.05) is 0 Å². The average molecular weight is 329 g/mol. The van der Waals surface area contributed by atoms with E-state index in [0.29, 0.717) is 0 Å². The van der Waals surface area contributed by atoms with Gasteiger partial charge in [-0.25, -0.2) is 9.97 Å². The number of hydrogen-bond donors (Lipinski definition) is 1. The van der Waals surface area contributed by atoms with Crippen LogP contribution in [0.2, 0.25) is 0 Å². The molecule has 3 aliphatic rings. The zero-order valence-corrected chi connectivity index (χ0v) is 14.8. The fraction of sp³-hybridized carbons (Fsp3) is 0.789. The molecule has 1 saturated carbocycles. The molecule has 5 nitrogen and oxygen atoms in total. The summed E-state index contributed by atoms with van der Waals surface area (Å²) in [4.78, 5) is 14.6. The minimum absolute atomic E-state index is 0.838. The first-order chi connectivity index (χ1) is 11.9. The van der Waals surface area contributed by atoms with Crippen LogP contribution in [0, 0.1) is 0 Å². The second-order valence-corrected chi connectivity index (χ2v) is 7.54. The van der Waals surface area contributed by atoms with Gasteiger partial charge in [-0.2, -0.15) is 0 Å². The topological polar surface area (TPSA) is 44.3 Å². The van der Waals surface area contributed by atoms with Crippen LogP contribution in [0.3, 0.4) is 0 Å². The van der Waals surface area contributed by atoms with Gasteiger partial charge in [-0.1, -0.05) is 19.3 Å². The molecule has 4 rings (SSSR count). The maximum Gasteiger partial charge on any atom is 0.135 e. The van der Waals surface area contributed by atoms with Gasteiger partial charge in [-0.15, -0.1) is 0 Å². The lowest BCUT2D eigenvalue weighted by Crippen LogP contribution is -2.39. The Hall–Kier alpha value is -1.20. The summed E-state index contributed by atoms with van der Waals surface area (Å²) < 4.78 is 0. The van der Waals surface area contributed by atoms with Gasteiger partial charge >= 0.3 is 0 Å². The van der Waals surface area contributed by atoms with E-state index in [9.17, 15) is 0 Å². The Balaban J connectivity index is 1.47. The van der Waals surface area contributed by atoms with Gasteiger partial charge in [-0.05, 0) is 32.2 Å². The molecule has 0 amide bonds. The number of rotatable bonds is 2. The molecule has 1 saturated heterocycles.